The molecule has 0 aliphatic carbocycles. The van der Waals surface area contributed by atoms with Gasteiger partial charge in [-0.25, -0.2) is 0 Å². The minimum atomic E-state index is 0.715. The molecule has 1 fully saturated rings. The fraction of sp³-hybridized carbons (Fsp3) is 0.227. The Balaban J connectivity index is 1.42. The Labute approximate surface area is 170 Å². The van der Waals surface area contributed by atoms with Crippen molar-refractivity contribution in [3.05, 3.63) is 77.0 Å². The summed E-state index contributed by atoms with van der Waals surface area (Å²) in [6.45, 7) is 5.82. The molecule has 1 aromatic heterocycles. The molecule has 2 aromatic carbocycles. The van der Waals surface area contributed by atoms with Crippen LogP contribution in [0.2, 0.25) is 5.02 Å². The molecule has 3 nitrogen and oxygen atoms in total. The molecule has 4 rings (SSSR count). The van der Waals surface area contributed by atoms with E-state index in [2.05, 4.69) is 41.0 Å². The standard InChI is InChI=1S/C22H21ClN2OS/c1-16-3-2-4-19(15-16)24-11-13-25(14-12-24)22(27)21-10-9-20(26-21)17-5-7-18(23)8-6-17/h2-10,15H,11-14H2,1H3. The van der Waals surface area contributed by atoms with Gasteiger partial charge in [0.05, 0.1) is 0 Å². The van der Waals surface area contributed by atoms with Crippen LogP contribution in [0.4, 0.5) is 5.69 Å². The quantitative estimate of drug-likeness (QED) is 0.551. The van der Waals surface area contributed by atoms with Crippen LogP contribution in [0.3, 0.4) is 0 Å². The molecule has 1 aliphatic heterocycles. The lowest BCUT2D eigenvalue weighted by molar-refractivity contribution is 0.385. The van der Waals surface area contributed by atoms with Crippen molar-refractivity contribution < 1.29 is 4.42 Å². The van der Waals surface area contributed by atoms with E-state index in [4.69, 9.17) is 28.2 Å². The average Bonchev–Trinajstić information content (AvgIpc) is 3.18. The number of hydrogen-bond donors (Lipinski definition) is 0. The molecule has 1 saturated heterocycles. The Morgan fingerprint density at radius 3 is 2.41 bits per heavy atom. The van der Waals surface area contributed by atoms with Gasteiger partial charge >= 0.3 is 0 Å². The number of thiocarbonyl (C=S) groups is 1. The molecule has 5 heteroatoms. The summed E-state index contributed by atoms with van der Waals surface area (Å²) in [7, 11) is 0. The number of hydrogen-bond acceptors (Lipinski definition) is 3. The SMILES string of the molecule is Cc1cccc(N2CCN(C(=S)c3ccc(-c4ccc(Cl)cc4)o3)CC2)c1. The monoisotopic (exact) mass is 396 g/mol. The van der Waals surface area contributed by atoms with Gasteiger partial charge in [0.25, 0.3) is 0 Å². The Kier molecular flexibility index (Phi) is 5.19. The third kappa shape index (κ3) is 4.02. The van der Waals surface area contributed by atoms with E-state index < -0.39 is 0 Å². The van der Waals surface area contributed by atoms with Crippen LogP contribution in [0.5, 0.6) is 0 Å². The first-order valence-electron chi connectivity index (χ1n) is 9.07. The molecule has 0 N–H and O–H groups in total. The molecular weight excluding hydrogens is 376 g/mol. The molecule has 0 atom stereocenters. The lowest BCUT2D eigenvalue weighted by Crippen LogP contribution is -2.48. The van der Waals surface area contributed by atoms with Gasteiger partial charge in [0.2, 0.25) is 0 Å². The van der Waals surface area contributed by atoms with Crippen molar-refractivity contribution in [3.63, 3.8) is 0 Å². The average molecular weight is 397 g/mol. The zero-order chi connectivity index (χ0) is 18.8. The van der Waals surface area contributed by atoms with Crippen LogP contribution in [0.25, 0.3) is 11.3 Å². The lowest BCUT2D eigenvalue weighted by atomic mass is 10.2. The Hall–Kier alpha value is -2.30. The molecule has 2 heterocycles. The van der Waals surface area contributed by atoms with Crippen molar-refractivity contribution >= 4 is 34.5 Å². The third-order valence-electron chi connectivity index (χ3n) is 4.88. The second-order valence-electron chi connectivity index (χ2n) is 6.79. The molecule has 0 spiro atoms. The van der Waals surface area contributed by atoms with Crippen LogP contribution in [0.15, 0.2) is 65.1 Å². The largest absolute Gasteiger partial charge is 0.454 e. The number of piperazine rings is 1. The van der Waals surface area contributed by atoms with Gasteiger partial charge in [-0.2, -0.15) is 0 Å². The summed E-state index contributed by atoms with van der Waals surface area (Å²) in [4.78, 5) is 5.42. The maximum Gasteiger partial charge on any atom is 0.162 e. The van der Waals surface area contributed by atoms with E-state index in [0.29, 0.717) is 5.02 Å². The predicted molar refractivity (Wildman–Crippen MR) is 116 cm³/mol. The minimum absolute atomic E-state index is 0.715. The van der Waals surface area contributed by atoms with E-state index in [1.165, 1.54) is 11.3 Å². The van der Waals surface area contributed by atoms with Crippen LogP contribution in [0.1, 0.15) is 11.3 Å². The van der Waals surface area contributed by atoms with E-state index in [1.54, 1.807) is 0 Å². The van der Waals surface area contributed by atoms with Crippen molar-refractivity contribution in [1.82, 2.24) is 4.90 Å². The highest BCUT2D eigenvalue weighted by Gasteiger charge is 2.22. The highest BCUT2D eigenvalue weighted by molar-refractivity contribution is 7.80. The molecule has 0 radical (unpaired) electrons. The van der Waals surface area contributed by atoms with Gasteiger partial charge in [0.15, 0.2) is 5.76 Å². The van der Waals surface area contributed by atoms with E-state index >= 15 is 0 Å². The van der Waals surface area contributed by atoms with Crippen molar-refractivity contribution in [3.8, 4) is 11.3 Å². The summed E-state index contributed by atoms with van der Waals surface area (Å²) in [5.41, 5.74) is 3.57. The summed E-state index contributed by atoms with van der Waals surface area (Å²) >= 11 is 11.7. The van der Waals surface area contributed by atoms with Crippen LogP contribution >= 0.6 is 23.8 Å². The minimum Gasteiger partial charge on any atom is -0.454 e. The molecule has 0 amide bonds. The van der Waals surface area contributed by atoms with E-state index in [9.17, 15) is 0 Å². The summed E-state index contributed by atoms with van der Waals surface area (Å²) in [5, 5.41) is 0.715. The van der Waals surface area contributed by atoms with Crippen molar-refractivity contribution in [2.75, 3.05) is 31.1 Å². The van der Waals surface area contributed by atoms with Crippen molar-refractivity contribution in [1.29, 1.82) is 0 Å². The highest BCUT2D eigenvalue weighted by Crippen LogP contribution is 2.25. The van der Waals surface area contributed by atoms with Gasteiger partial charge in [-0.3, -0.25) is 0 Å². The van der Waals surface area contributed by atoms with Gasteiger partial charge in [-0.05, 0) is 61.0 Å². The van der Waals surface area contributed by atoms with E-state index in [1.807, 2.05) is 36.4 Å². The first kappa shape index (κ1) is 18.1. The van der Waals surface area contributed by atoms with E-state index in [-0.39, 0.29) is 0 Å². The Morgan fingerprint density at radius 2 is 1.70 bits per heavy atom. The number of aryl methyl sites for hydroxylation is 1. The summed E-state index contributed by atoms with van der Waals surface area (Å²) < 4.78 is 6.01. The summed E-state index contributed by atoms with van der Waals surface area (Å²) in [6, 6.07) is 20.2. The van der Waals surface area contributed by atoms with Gasteiger partial charge in [-0.1, -0.05) is 36.0 Å². The molecule has 1 aliphatic rings. The van der Waals surface area contributed by atoms with Crippen LogP contribution in [-0.4, -0.2) is 36.1 Å². The molecular formula is C22H21ClN2OS. The van der Waals surface area contributed by atoms with Crippen LogP contribution < -0.4 is 4.90 Å². The summed E-state index contributed by atoms with van der Waals surface area (Å²) in [5.74, 6) is 1.56. The van der Waals surface area contributed by atoms with Gasteiger partial charge in [0, 0.05) is 42.5 Å². The second kappa shape index (κ2) is 7.75. The molecule has 138 valence electrons. The second-order valence-corrected chi connectivity index (χ2v) is 7.61. The number of nitrogens with zero attached hydrogens (tertiary/aromatic N) is 2. The molecule has 0 bridgehead atoms. The number of benzene rings is 2. The zero-order valence-corrected chi connectivity index (χ0v) is 16.8. The Bertz CT molecular complexity index is 943. The number of furan rings is 1. The number of halogens is 1. The maximum absolute atomic E-state index is 6.01. The highest BCUT2D eigenvalue weighted by atomic mass is 35.5. The molecule has 27 heavy (non-hydrogen) atoms. The van der Waals surface area contributed by atoms with Gasteiger partial charge < -0.3 is 14.2 Å². The van der Waals surface area contributed by atoms with Crippen LogP contribution in [0, 0.1) is 6.92 Å². The fourth-order valence-electron chi connectivity index (χ4n) is 3.37. The molecule has 0 saturated carbocycles. The molecule has 0 unspecified atom stereocenters. The normalized spacial score (nSPS) is 14.4. The smallest absolute Gasteiger partial charge is 0.162 e. The van der Waals surface area contributed by atoms with Crippen molar-refractivity contribution in [2.24, 2.45) is 0 Å². The third-order valence-corrected chi connectivity index (χ3v) is 5.59. The number of anilines is 1. The fourth-order valence-corrected chi connectivity index (χ4v) is 3.79. The predicted octanol–water partition coefficient (Wildman–Crippen LogP) is 5.41. The van der Waals surface area contributed by atoms with Gasteiger partial charge in [-0.15, -0.1) is 0 Å². The maximum atomic E-state index is 6.01. The number of rotatable bonds is 3. The van der Waals surface area contributed by atoms with E-state index in [0.717, 1.165) is 48.3 Å². The first-order chi connectivity index (χ1) is 13.1. The van der Waals surface area contributed by atoms with Crippen molar-refractivity contribution in [2.45, 2.75) is 6.92 Å². The summed E-state index contributed by atoms with van der Waals surface area (Å²) in [6.07, 6.45) is 0. The lowest BCUT2D eigenvalue weighted by Gasteiger charge is -2.37. The Morgan fingerprint density at radius 1 is 0.963 bits per heavy atom. The zero-order valence-electron chi connectivity index (χ0n) is 15.2. The van der Waals surface area contributed by atoms with Crippen LogP contribution in [-0.2, 0) is 0 Å². The van der Waals surface area contributed by atoms with Gasteiger partial charge in [0.1, 0.15) is 10.7 Å². The molecule has 3 aromatic rings. The first-order valence-corrected chi connectivity index (χ1v) is 9.85. The topological polar surface area (TPSA) is 19.6 Å².